The Labute approximate surface area is 115 Å². The quantitative estimate of drug-likeness (QED) is 0.688. The van der Waals surface area contributed by atoms with Crippen LogP contribution in [0.3, 0.4) is 0 Å². The van der Waals surface area contributed by atoms with E-state index in [0.29, 0.717) is 6.04 Å². The Morgan fingerprint density at radius 3 is 2.83 bits per heavy atom. The van der Waals surface area contributed by atoms with E-state index < -0.39 is 0 Å². The van der Waals surface area contributed by atoms with Crippen molar-refractivity contribution in [3.63, 3.8) is 0 Å². The molecule has 1 aromatic rings. The maximum absolute atomic E-state index is 3.59. The maximum atomic E-state index is 3.59. The molecule has 2 nitrogen and oxygen atoms in total. The smallest absolute Gasteiger partial charge is 0.0334 e. The Kier molecular flexibility index (Phi) is 5.67. The molecule has 0 spiro atoms. The predicted molar refractivity (Wildman–Crippen MR) is 80.1 cm³/mol. The highest BCUT2D eigenvalue weighted by atomic mass is 32.1. The molecular formula is C15H26N2S. The summed E-state index contributed by atoms with van der Waals surface area (Å²) in [5.74, 6) is 0. The molecule has 0 saturated heterocycles. The third-order valence-corrected chi connectivity index (χ3v) is 4.54. The SMILES string of the molecule is CCCNCC(CC)N(Cc1cccs1)C1CC1. The Morgan fingerprint density at radius 2 is 2.28 bits per heavy atom. The van der Waals surface area contributed by atoms with Crippen molar-refractivity contribution < 1.29 is 0 Å². The molecule has 1 fully saturated rings. The highest BCUT2D eigenvalue weighted by Crippen LogP contribution is 2.31. The van der Waals surface area contributed by atoms with Crippen LogP contribution < -0.4 is 5.32 Å². The molecule has 2 rings (SSSR count). The van der Waals surface area contributed by atoms with Crippen LogP contribution in [0.2, 0.25) is 0 Å². The second-order valence-electron chi connectivity index (χ2n) is 5.25. The average molecular weight is 266 g/mol. The lowest BCUT2D eigenvalue weighted by Gasteiger charge is -2.31. The molecule has 102 valence electrons. The van der Waals surface area contributed by atoms with Gasteiger partial charge in [-0.05, 0) is 43.7 Å². The van der Waals surface area contributed by atoms with E-state index in [-0.39, 0.29) is 0 Å². The van der Waals surface area contributed by atoms with Gasteiger partial charge in [-0.2, -0.15) is 0 Å². The van der Waals surface area contributed by atoms with E-state index in [1.54, 1.807) is 0 Å². The van der Waals surface area contributed by atoms with Crippen LogP contribution in [0, 0.1) is 0 Å². The molecule has 1 aliphatic carbocycles. The monoisotopic (exact) mass is 266 g/mol. The zero-order chi connectivity index (χ0) is 12.8. The van der Waals surface area contributed by atoms with Gasteiger partial charge in [0, 0.05) is 30.1 Å². The zero-order valence-corrected chi connectivity index (χ0v) is 12.5. The van der Waals surface area contributed by atoms with E-state index in [4.69, 9.17) is 0 Å². The lowest BCUT2D eigenvalue weighted by Crippen LogP contribution is -2.43. The molecule has 1 atom stereocenters. The molecule has 1 aromatic heterocycles. The van der Waals surface area contributed by atoms with Crippen molar-refractivity contribution in [1.82, 2.24) is 10.2 Å². The summed E-state index contributed by atoms with van der Waals surface area (Å²) in [5.41, 5.74) is 0. The Hall–Kier alpha value is -0.380. The first kappa shape index (κ1) is 14.0. The van der Waals surface area contributed by atoms with E-state index in [2.05, 4.69) is 41.6 Å². The normalized spacial score (nSPS) is 17.3. The Morgan fingerprint density at radius 1 is 1.44 bits per heavy atom. The first-order chi connectivity index (χ1) is 8.85. The van der Waals surface area contributed by atoms with Gasteiger partial charge in [-0.25, -0.2) is 0 Å². The number of nitrogens with one attached hydrogen (secondary N) is 1. The van der Waals surface area contributed by atoms with Crippen molar-refractivity contribution in [2.45, 2.75) is 58.2 Å². The minimum atomic E-state index is 0.700. The number of nitrogens with zero attached hydrogens (tertiary/aromatic N) is 1. The third-order valence-electron chi connectivity index (χ3n) is 3.68. The number of hydrogen-bond donors (Lipinski definition) is 1. The van der Waals surface area contributed by atoms with Gasteiger partial charge in [0.05, 0.1) is 0 Å². The highest BCUT2D eigenvalue weighted by Gasteiger charge is 2.33. The molecule has 0 aromatic carbocycles. The van der Waals surface area contributed by atoms with Crippen LogP contribution in [0.4, 0.5) is 0 Å². The fraction of sp³-hybridized carbons (Fsp3) is 0.733. The van der Waals surface area contributed by atoms with Gasteiger partial charge in [-0.15, -0.1) is 11.3 Å². The van der Waals surface area contributed by atoms with E-state index in [1.165, 1.54) is 30.6 Å². The highest BCUT2D eigenvalue weighted by molar-refractivity contribution is 7.09. The fourth-order valence-corrected chi connectivity index (χ4v) is 3.20. The van der Waals surface area contributed by atoms with Crippen LogP contribution in [-0.4, -0.2) is 30.1 Å². The van der Waals surface area contributed by atoms with Gasteiger partial charge in [0.15, 0.2) is 0 Å². The Balaban J connectivity index is 1.89. The summed E-state index contributed by atoms with van der Waals surface area (Å²) in [6.45, 7) is 8.00. The van der Waals surface area contributed by atoms with Crippen LogP contribution in [0.5, 0.6) is 0 Å². The molecule has 18 heavy (non-hydrogen) atoms. The molecule has 0 amide bonds. The first-order valence-corrected chi connectivity index (χ1v) is 8.22. The van der Waals surface area contributed by atoms with E-state index >= 15 is 0 Å². The van der Waals surface area contributed by atoms with Crippen molar-refractivity contribution in [3.05, 3.63) is 22.4 Å². The molecular weight excluding hydrogens is 240 g/mol. The first-order valence-electron chi connectivity index (χ1n) is 7.34. The molecule has 1 aliphatic rings. The van der Waals surface area contributed by atoms with Gasteiger partial charge >= 0.3 is 0 Å². The molecule has 1 unspecified atom stereocenters. The second kappa shape index (κ2) is 7.27. The Bertz CT molecular complexity index is 319. The summed E-state index contributed by atoms with van der Waals surface area (Å²) in [6.07, 6.45) is 5.27. The van der Waals surface area contributed by atoms with Crippen molar-refractivity contribution in [2.75, 3.05) is 13.1 Å². The van der Waals surface area contributed by atoms with Crippen LogP contribution in [0.15, 0.2) is 17.5 Å². The van der Waals surface area contributed by atoms with Crippen molar-refractivity contribution in [1.29, 1.82) is 0 Å². The standard InChI is InChI=1S/C15H26N2S/c1-3-9-16-11-13(4-2)17(14-7-8-14)12-15-6-5-10-18-15/h5-6,10,13-14,16H,3-4,7-9,11-12H2,1-2H3. The lowest BCUT2D eigenvalue weighted by molar-refractivity contribution is 0.169. The molecule has 0 bridgehead atoms. The van der Waals surface area contributed by atoms with E-state index in [9.17, 15) is 0 Å². The van der Waals surface area contributed by atoms with Crippen LogP contribution >= 0.6 is 11.3 Å². The third kappa shape index (κ3) is 4.08. The summed E-state index contributed by atoms with van der Waals surface area (Å²) in [6, 6.07) is 5.99. The molecule has 3 heteroatoms. The van der Waals surface area contributed by atoms with Gasteiger partial charge in [0.25, 0.3) is 0 Å². The molecule has 1 N–H and O–H groups in total. The minimum Gasteiger partial charge on any atom is -0.315 e. The summed E-state index contributed by atoms with van der Waals surface area (Å²) < 4.78 is 0. The average Bonchev–Trinajstić information content (AvgIpc) is 3.10. The van der Waals surface area contributed by atoms with Crippen molar-refractivity contribution >= 4 is 11.3 Å². The summed E-state index contributed by atoms with van der Waals surface area (Å²) in [4.78, 5) is 4.24. The van der Waals surface area contributed by atoms with Crippen molar-refractivity contribution in [3.8, 4) is 0 Å². The van der Waals surface area contributed by atoms with E-state index in [1.807, 2.05) is 11.3 Å². The molecule has 1 heterocycles. The van der Waals surface area contributed by atoms with Crippen molar-refractivity contribution in [2.24, 2.45) is 0 Å². The minimum absolute atomic E-state index is 0.700. The fourth-order valence-electron chi connectivity index (χ4n) is 2.49. The second-order valence-corrected chi connectivity index (χ2v) is 6.28. The topological polar surface area (TPSA) is 15.3 Å². The van der Waals surface area contributed by atoms with Crippen LogP contribution in [0.25, 0.3) is 0 Å². The zero-order valence-electron chi connectivity index (χ0n) is 11.7. The molecule has 1 saturated carbocycles. The van der Waals surface area contributed by atoms with Gasteiger partial charge in [-0.1, -0.05) is 19.9 Å². The van der Waals surface area contributed by atoms with Crippen LogP contribution in [0.1, 0.15) is 44.4 Å². The summed E-state index contributed by atoms with van der Waals surface area (Å²) in [7, 11) is 0. The molecule has 0 aliphatic heterocycles. The lowest BCUT2D eigenvalue weighted by atomic mass is 10.1. The van der Waals surface area contributed by atoms with Crippen LogP contribution in [-0.2, 0) is 6.54 Å². The number of hydrogen-bond acceptors (Lipinski definition) is 3. The van der Waals surface area contributed by atoms with Gasteiger partial charge in [0.1, 0.15) is 0 Å². The van der Waals surface area contributed by atoms with Gasteiger partial charge < -0.3 is 5.32 Å². The van der Waals surface area contributed by atoms with Gasteiger partial charge in [-0.3, -0.25) is 4.90 Å². The van der Waals surface area contributed by atoms with E-state index in [0.717, 1.165) is 25.7 Å². The number of rotatable bonds is 9. The molecule has 0 radical (unpaired) electrons. The largest absolute Gasteiger partial charge is 0.315 e. The summed E-state index contributed by atoms with van der Waals surface area (Å²) in [5, 5.41) is 5.78. The number of thiophene rings is 1. The maximum Gasteiger partial charge on any atom is 0.0334 e. The summed E-state index contributed by atoms with van der Waals surface area (Å²) >= 11 is 1.89. The van der Waals surface area contributed by atoms with Gasteiger partial charge in [0.2, 0.25) is 0 Å². The predicted octanol–water partition coefficient (Wildman–Crippen LogP) is 3.49.